The van der Waals surface area contributed by atoms with Crippen LogP contribution in [0.25, 0.3) is 32.8 Å². The van der Waals surface area contributed by atoms with E-state index in [-0.39, 0.29) is 18.1 Å². The molecule has 0 radical (unpaired) electrons. The highest BCUT2D eigenvalue weighted by molar-refractivity contribution is 6.04. The maximum Gasteiger partial charge on any atom is 0.293 e. The molecule has 5 aromatic rings. The van der Waals surface area contributed by atoms with E-state index in [2.05, 4.69) is 26.8 Å². The summed E-state index contributed by atoms with van der Waals surface area (Å²) >= 11 is 0. The first-order valence-electron chi connectivity index (χ1n) is 12.1. The average molecular weight is 479 g/mol. The van der Waals surface area contributed by atoms with Gasteiger partial charge in [0.2, 0.25) is 5.95 Å². The Balaban J connectivity index is 1.49. The quantitative estimate of drug-likeness (QED) is 0.313. The second-order valence-electron chi connectivity index (χ2n) is 9.09. The summed E-state index contributed by atoms with van der Waals surface area (Å²) in [6.45, 7) is 3.92. The number of anilines is 1. The molecule has 9 nitrogen and oxygen atoms in total. The fourth-order valence-corrected chi connectivity index (χ4v) is 5.02. The highest BCUT2D eigenvalue weighted by Gasteiger charge is 2.24. The lowest BCUT2D eigenvalue weighted by Gasteiger charge is -2.31. The number of benzene rings is 1. The number of rotatable bonds is 4. The second-order valence-corrected chi connectivity index (χ2v) is 9.09. The summed E-state index contributed by atoms with van der Waals surface area (Å²) in [7, 11) is 0. The molecule has 1 atom stereocenters. The van der Waals surface area contributed by atoms with Gasteiger partial charge in [-0.1, -0.05) is 24.1 Å². The number of piperidine rings is 1. The van der Waals surface area contributed by atoms with Crippen LogP contribution >= 0.6 is 0 Å². The molecule has 0 spiro atoms. The predicted molar refractivity (Wildman–Crippen MR) is 141 cm³/mol. The van der Waals surface area contributed by atoms with Gasteiger partial charge >= 0.3 is 0 Å². The zero-order valence-corrected chi connectivity index (χ0v) is 20.1. The van der Waals surface area contributed by atoms with Crippen molar-refractivity contribution >= 4 is 38.8 Å². The number of para-hydroxylation sites is 1. The predicted octanol–water partition coefficient (Wildman–Crippen LogP) is 2.69. The van der Waals surface area contributed by atoms with Crippen molar-refractivity contribution < 1.29 is 0 Å². The summed E-state index contributed by atoms with van der Waals surface area (Å²) in [5.41, 5.74) is 9.49. The van der Waals surface area contributed by atoms with Crippen LogP contribution in [0.4, 0.5) is 5.95 Å². The molecule has 6 rings (SSSR count). The standard InChI is InChI=1S/C27H26N8O/c1-2-3-14-34-25-22(32-27(34)33-13-7-8-18(28)16-33)15-30-35(26(25)36)17-23-20-10-6-12-29-24(20)19-9-4-5-11-21(19)31-23/h4-6,9-12,15,18H,7-8,13-14,16-17,28H2,1H3. The van der Waals surface area contributed by atoms with E-state index in [4.69, 9.17) is 15.7 Å². The first kappa shape index (κ1) is 22.2. The van der Waals surface area contributed by atoms with E-state index in [1.54, 1.807) is 19.3 Å². The highest BCUT2D eigenvalue weighted by Crippen LogP contribution is 2.26. The van der Waals surface area contributed by atoms with Gasteiger partial charge in [-0.15, -0.1) is 5.92 Å². The van der Waals surface area contributed by atoms with Crippen molar-refractivity contribution in [3.8, 4) is 11.8 Å². The number of hydrogen-bond donors (Lipinski definition) is 1. The van der Waals surface area contributed by atoms with Crippen LogP contribution in [0.15, 0.2) is 53.6 Å². The smallest absolute Gasteiger partial charge is 0.293 e. The van der Waals surface area contributed by atoms with Gasteiger partial charge < -0.3 is 10.6 Å². The van der Waals surface area contributed by atoms with Crippen LogP contribution in [-0.4, -0.2) is 48.4 Å². The molecule has 5 heterocycles. The zero-order valence-electron chi connectivity index (χ0n) is 20.1. The minimum Gasteiger partial charge on any atom is -0.341 e. The molecule has 36 heavy (non-hydrogen) atoms. The third-order valence-corrected chi connectivity index (χ3v) is 6.72. The Morgan fingerprint density at radius 2 is 1.97 bits per heavy atom. The minimum absolute atomic E-state index is 0.0833. The molecule has 0 aliphatic carbocycles. The van der Waals surface area contributed by atoms with Crippen molar-refractivity contribution in [3.63, 3.8) is 0 Å². The average Bonchev–Trinajstić information content (AvgIpc) is 3.28. The summed E-state index contributed by atoms with van der Waals surface area (Å²) in [5, 5.41) is 6.35. The molecular formula is C27H26N8O. The number of pyridine rings is 2. The van der Waals surface area contributed by atoms with Crippen molar-refractivity contribution in [1.82, 2.24) is 29.3 Å². The second kappa shape index (κ2) is 9.06. The van der Waals surface area contributed by atoms with Crippen molar-refractivity contribution in [3.05, 3.63) is 64.8 Å². The normalized spacial score (nSPS) is 15.9. The van der Waals surface area contributed by atoms with Crippen LogP contribution in [0.2, 0.25) is 0 Å². The molecule has 2 N–H and O–H groups in total. The molecule has 1 aliphatic heterocycles. The zero-order chi connectivity index (χ0) is 24.6. The van der Waals surface area contributed by atoms with Crippen LogP contribution < -0.4 is 16.2 Å². The van der Waals surface area contributed by atoms with E-state index in [1.807, 2.05) is 41.0 Å². The van der Waals surface area contributed by atoms with Crippen molar-refractivity contribution in [1.29, 1.82) is 0 Å². The van der Waals surface area contributed by atoms with E-state index >= 15 is 0 Å². The lowest BCUT2D eigenvalue weighted by atomic mass is 10.1. The number of fused-ring (bicyclic) bond motifs is 4. The lowest BCUT2D eigenvalue weighted by molar-refractivity contribution is 0.496. The molecule has 1 aliphatic rings. The Labute approximate surface area is 207 Å². The van der Waals surface area contributed by atoms with Crippen molar-refractivity contribution in [2.24, 2.45) is 5.73 Å². The van der Waals surface area contributed by atoms with Gasteiger partial charge in [0.25, 0.3) is 5.56 Å². The molecule has 180 valence electrons. The fourth-order valence-electron chi connectivity index (χ4n) is 5.02. The maximum absolute atomic E-state index is 13.8. The van der Waals surface area contributed by atoms with Crippen LogP contribution in [0.5, 0.6) is 0 Å². The van der Waals surface area contributed by atoms with E-state index in [0.717, 1.165) is 52.8 Å². The molecule has 1 fully saturated rings. The number of hydrogen-bond acceptors (Lipinski definition) is 7. The molecule has 4 aromatic heterocycles. The van der Waals surface area contributed by atoms with Gasteiger partial charge in [-0.05, 0) is 38.0 Å². The summed E-state index contributed by atoms with van der Waals surface area (Å²) in [6, 6.07) is 11.9. The Kier molecular flexibility index (Phi) is 5.58. The molecular weight excluding hydrogens is 452 g/mol. The summed E-state index contributed by atoms with van der Waals surface area (Å²) in [4.78, 5) is 30.2. The molecule has 9 heteroatoms. The first-order valence-corrected chi connectivity index (χ1v) is 12.1. The number of nitrogens with zero attached hydrogens (tertiary/aromatic N) is 7. The van der Waals surface area contributed by atoms with Crippen LogP contribution in [0.3, 0.4) is 0 Å². The van der Waals surface area contributed by atoms with E-state index in [1.165, 1.54) is 4.68 Å². The van der Waals surface area contributed by atoms with E-state index < -0.39 is 0 Å². The van der Waals surface area contributed by atoms with E-state index in [0.29, 0.717) is 24.1 Å². The van der Waals surface area contributed by atoms with Gasteiger partial charge in [0.05, 0.1) is 36.0 Å². The van der Waals surface area contributed by atoms with Crippen molar-refractivity contribution in [2.75, 3.05) is 18.0 Å². The fraction of sp³-hybridized carbons (Fsp3) is 0.296. The number of nitrogens with two attached hydrogens (primary N) is 1. The van der Waals surface area contributed by atoms with Gasteiger partial charge in [0.1, 0.15) is 11.0 Å². The molecule has 0 bridgehead atoms. The van der Waals surface area contributed by atoms with Crippen LogP contribution in [-0.2, 0) is 13.1 Å². The molecule has 1 saturated heterocycles. The lowest BCUT2D eigenvalue weighted by Crippen LogP contribution is -2.44. The molecule has 0 amide bonds. The molecule has 0 saturated carbocycles. The van der Waals surface area contributed by atoms with Gasteiger partial charge in [-0.3, -0.25) is 19.3 Å². The van der Waals surface area contributed by atoms with Gasteiger partial charge in [0.15, 0.2) is 0 Å². The number of aromatic nitrogens is 6. The summed E-state index contributed by atoms with van der Waals surface area (Å²) in [5.74, 6) is 6.76. The van der Waals surface area contributed by atoms with Crippen LogP contribution in [0.1, 0.15) is 25.5 Å². The van der Waals surface area contributed by atoms with E-state index in [9.17, 15) is 4.79 Å². The monoisotopic (exact) mass is 478 g/mol. The topological polar surface area (TPSA) is 108 Å². The maximum atomic E-state index is 13.8. The molecule has 1 unspecified atom stereocenters. The first-order chi connectivity index (χ1) is 17.6. The summed E-state index contributed by atoms with van der Waals surface area (Å²) < 4.78 is 3.35. The Morgan fingerprint density at radius 3 is 2.83 bits per heavy atom. The Hall–Kier alpha value is -4.29. The minimum atomic E-state index is -0.225. The molecule has 1 aromatic carbocycles. The third-order valence-electron chi connectivity index (χ3n) is 6.72. The third kappa shape index (κ3) is 3.76. The van der Waals surface area contributed by atoms with Gasteiger partial charge in [-0.25, -0.2) is 9.67 Å². The Bertz CT molecular complexity index is 1730. The number of imidazole rings is 1. The largest absolute Gasteiger partial charge is 0.341 e. The van der Waals surface area contributed by atoms with Crippen LogP contribution in [0, 0.1) is 11.8 Å². The SMILES string of the molecule is CC#CCn1c(N2CCCC(N)C2)nc2cnn(Cc3nc4ccccc4c4ncccc34)c(=O)c21. The van der Waals surface area contributed by atoms with Gasteiger partial charge in [-0.2, -0.15) is 5.10 Å². The Morgan fingerprint density at radius 1 is 1.11 bits per heavy atom. The van der Waals surface area contributed by atoms with Gasteiger partial charge in [0, 0.05) is 36.1 Å². The highest BCUT2D eigenvalue weighted by atomic mass is 16.1. The summed E-state index contributed by atoms with van der Waals surface area (Å²) in [6.07, 6.45) is 5.40. The van der Waals surface area contributed by atoms with Crippen molar-refractivity contribution in [2.45, 2.75) is 38.9 Å².